The van der Waals surface area contributed by atoms with E-state index in [1.165, 1.54) is 17.0 Å². The first-order valence-electron chi connectivity index (χ1n) is 13.2. The Morgan fingerprint density at radius 2 is 1.49 bits per heavy atom. The molecule has 1 N–H and O–H groups in total. The van der Waals surface area contributed by atoms with Gasteiger partial charge in [0.15, 0.2) is 0 Å². The maximum Gasteiger partial charge on any atom is 0.264 e. The number of nitrogens with zero attached hydrogens (tertiary/aromatic N) is 2. The molecule has 8 heteroatoms. The largest absolute Gasteiger partial charge is 0.352 e. The summed E-state index contributed by atoms with van der Waals surface area (Å²) in [5.41, 5.74) is 4.06. The molecule has 39 heavy (non-hydrogen) atoms. The molecule has 0 aliphatic heterocycles. The molecular weight excluding hydrogens is 510 g/mol. The Morgan fingerprint density at radius 3 is 2.08 bits per heavy atom. The molecule has 2 atom stereocenters. The van der Waals surface area contributed by atoms with Gasteiger partial charge in [0.2, 0.25) is 11.8 Å². The molecule has 0 radical (unpaired) electrons. The number of benzene rings is 3. The lowest BCUT2D eigenvalue weighted by Gasteiger charge is -2.33. The van der Waals surface area contributed by atoms with Crippen LogP contribution in [0.5, 0.6) is 0 Å². The minimum atomic E-state index is -4.08. The minimum absolute atomic E-state index is 0.0542. The van der Waals surface area contributed by atoms with E-state index in [9.17, 15) is 18.0 Å². The highest BCUT2D eigenvalue weighted by Gasteiger charge is 2.33. The summed E-state index contributed by atoms with van der Waals surface area (Å²) in [7, 11) is -4.08. The summed E-state index contributed by atoms with van der Waals surface area (Å²) in [4.78, 5) is 28.7. The molecule has 0 unspecified atom stereocenters. The highest BCUT2D eigenvalue weighted by Crippen LogP contribution is 2.28. The SMILES string of the molecule is CC[C@@H](C)NC(=O)[C@@H](C)N(Cc1ccc(C)cc1)C(=O)CN(c1ccc(C)cc1C)S(=O)(=O)c1ccccc1. The van der Waals surface area contributed by atoms with Gasteiger partial charge < -0.3 is 10.2 Å². The molecule has 0 spiro atoms. The fourth-order valence-electron chi connectivity index (χ4n) is 4.26. The molecule has 0 heterocycles. The molecule has 7 nitrogen and oxygen atoms in total. The lowest BCUT2D eigenvalue weighted by Crippen LogP contribution is -2.52. The van der Waals surface area contributed by atoms with E-state index in [0.717, 1.165) is 33.0 Å². The van der Waals surface area contributed by atoms with Crippen molar-refractivity contribution in [2.45, 2.75) is 71.5 Å². The predicted molar refractivity (Wildman–Crippen MR) is 156 cm³/mol. The lowest BCUT2D eigenvalue weighted by molar-refractivity contribution is -0.139. The first kappa shape index (κ1) is 29.9. The van der Waals surface area contributed by atoms with E-state index in [4.69, 9.17) is 0 Å². The van der Waals surface area contributed by atoms with Gasteiger partial charge in [0.05, 0.1) is 10.6 Å². The second-order valence-corrected chi connectivity index (χ2v) is 12.0. The molecule has 3 aromatic rings. The van der Waals surface area contributed by atoms with Gasteiger partial charge in [-0.2, -0.15) is 0 Å². The van der Waals surface area contributed by atoms with Crippen LogP contribution in [0.1, 0.15) is 49.4 Å². The smallest absolute Gasteiger partial charge is 0.264 e. The summed E-state index contributed by atoms with van der Waals surface area (Å²) in [5, 5.41) is 2.95. The van der Waals surface area contributed by atoms with E-state index < -0.39 is 28.5 Å². The van der Waals surface area contributed by atoms with Gasteiger partial charge in [-0.1, -0.05) is 72.6 Å². The number of amides is 2. The van der Waals surface area contributed by atoms with E-state index in [1.54, 1.807) is 31.2 Å². The van der Waals surface area contributed by atoms with Crippen molar-refractivity contribution < 1.29 is 18.0 Å². The third kappa shape index (κ3) is 7.47. The van der Waals surface area contributed by atoms with Crippen LogP contribution < -0.4 is 9.62 Å². The van der Waals surface area contributed by atoms with Crippen LogP contribution in [-0.2, 0) is 26.2 Å². The van der Waals surface area contributed by atoms with Crippen LogP contribution in [0.3, 0.4) is 0 Å². The Morgan fingerprint density at radius 1 is 0.872 bits per heavy atom. The zero-order chi connectivity index (χ0) is 28.7. The monoisotopic (exact) mass is 549 g/mol. The molecule has 208 valence electrons. The van der Waals surface area contributed by atoms with Crippen molar-refractivity contribution in [2.75, 3.05) is 10.8 Å². The topological polar surface area (TPSA) is 86.8 Å². The number of carbonyl (C=O) groups excluding carboxylic acids is 2. The average Bonchev–Trinajstić information content (AvgIpc) is 2.91. The molecule has 3 rings (SSSR count). The van der Waals surface area contributed by atoms with E-state index in [2.05, 4.69) is 5.32 Å². The lowest BCUT2D eigenvalue weighted by atomic mass is 10.1. The molecule has 0 aliphatic rings. The summed E-state index contributed by atoms with van der Waals surface area (Å²) < 4.78 is 28.9. The van der Waals surface area contributed by atoms with Gasteiger partial charge in [-0.15, -0.1) is 0 Å². The summed E-state index contributed by atoms with van der Waals surface area (Å²) in [6.07, 6.45) is 0.750. The Kier molecular flexibility index (Phi) is 9.92. The average molecular weight is 550 g/mol. The van der Waals surface area contributed by atoms with Crippen LogP contribution in [0.4, 0.5) is 5.69 Å². The van der Waals surface area contributed by atoms with Gasteiger partial charge in [0.1, 0.15) is 12.6 Å². The van der Waals surface area contributed by atoms with Gasteiger partial charge in [-0.25, -0.2) is 8.42 Å². The van der Waals surface area contributed by atoms with E-state index in [0.29, 0.717) is 5.69 Å². The van der Waals surface area contributed by atoms with Crippen molar-refractivity contribution in [1.29, 1.82) is 0 Å². The minimum Gasteiger partial charge on any atom is -0.352 e. The highest BCUT2D eigenvalue weighted by atomic mass is 32.2. The fourth-order valence-corrected chi connectivity index (χ4v) is 5.76. The van der Waals surface area contributed by atoms with Crippen LogP contribution in [0, 0.1) is 20.8 Å². The van der Waals surface area contributed by atoms with E-state index >= 15 is 0 Å². The van der Waals surface area contributed by atoms with Crippen molar-refractivity contribution in [3.05, 3.63) is 95.1 Å². The first-order chi connectivity index (χ1) is 18.4. The first-order valence-corrected chi connectivity index (χ1v) is 14.7. The summed E-state index contributed by atoms with van der Waals surface area (Å²) in [6.45, 7) is 11.0. The van der Waals surface area contributed by atoms with Gasteiger partial charge in [-0.05, 0) is 70.4 Å². The predicted octanol–water partition coefficient (Wildman–Crippen LogP) is 5.14. The van der Waals surface area contributed by atoms with Gasteiger partial charge in [0, 0.05) is 12.6 Å². The van der Waals surface area contributed by atoms with Gasteiger partial charge in [0.25, 0.3) is 10.0 Å². The number of carbonyl (C=O) groups is 2. The fraction of sp³-hybridized carbons (Fsp3) is 0.355. The van der Waals surface area contributed by atoms with Crippen LogP contribution in [0.2, 0.25) is 0 Å². The normalized spacial score (nSPS) is 12.9. The molecule has 0 saturated carbocycles. The van der Waals surface area contributed by atoms with Gasteiger partial charge >= 0.3 is 0 Å². The Bertz CT molecular complexity index is 1390. The van der Waals surface area contributed by atoms with Crippen LogP contribution >= 0.6 is 0 Å². The number of sulfonamides is 1. The second-order valence-electron chi connectivity index (χ2n) is 10.1. The highest BCUT2D eigenvalue weighted by molar-refractivity contribution is 7.92. The molecular formula is C31H39N3O4S. The maximum absolute atomic E-state index is 14.0. The Hall–Kier alpha value is -3.65. The van der Waals surface area contributed by atoms with Crippen LogP contribution in [0.25, 0.3) is 0 Å². The summed E-state index contributed by atoms with van der Waals surface area (Å²) >= 11 is 0. The van der Waals surface area contributed by atoms with Crippen molar-refractivity contribution in [2.24, 2.45) is 0 Å². The number of rotatable bonds is 11. The van der Waals surface area contributed by atoms with E-state index in [1.807, 2.05) is 71.0 Å². The van der Waals surface area contributed by atoms with Crippen molar-refractivity contribution in [3.8, 4) is 0 Å². The maximum atomic E-state index is 14.0. The molecule has 3 aromatic carbocycles. The van der Waals surface area contributed by atoms with Crippen LogP contribution in [0.15, 0.2) is 77.7 Å². The van der Waals surface area contributed by atoms with Crippen molar-refractivity contribution in [1.82, 2.24) is 10.2 Å². The van der Waals surface area contributed by atoms with Crippen molar-refractivity contribution in [3.63, 3.8) is 0 Å². The summed E-state index contributed by atoms with van der Waals surface area (Å²) in [5.74, 6) is -0.754. The van der Waals surface area contributed by atoms with Crippen LogP contribution in [-0.4, -0.2) is 43.8 Å². The number of hydrogen-bond donors (Lipinski definition) is 1. The molecule has 0 saturated heterocycles. The van der Waals surface area contributed by atoms with Gasteiger partial charge in [-0.3, -0.25) is 13.9 Å². The second kappa shape index (κ2) is 12.9. The Labute approximate surface area is 232 Å². The standard InChI is InChI=1S/C31H39N3O4S/c1-7-25(5)32-31(36)26(6)33(20-27-16-13-22(2)14-17-27)30(35)21-34(29-18-15-23(3)19-24(29)4)39(37,38)28-11-9-8-10-12-28/h8-19,25-26H,7,20-21H2,1-6H3,(H,32,36)/t25-,26-/m1/s1. The zero-order valence-corrected chi connectivity index (χ0v) is 24.5. The molecule has 0 aliphatic carbocycles. The van der Waals surface area contributed by atoms with Crippen molar-refractivity contribution >= 4 is 27.5 Å². The number of hydrogen-bond acceptors (Lipinski definition) is 4. The number of aryl methyl sites for hydroxylation is 3. The molecule has 0 bridgehead atoms. The third-order valence-electron chi connectivity index (χ3n) is 6.87. The molecule has 2 amide bonds. The quantitative estimate of drug-likeness (QED) is 0.359. The summed E-state index contributed by atoms with van der Waals surface area (Å²) in [6, 6.07) is 20.4. The van der Waals surface area contributed by atoms with E-state index in [-0.39, 0.29) is 23.4 Å². The number of anilines is 1. The Balaban J connectivity index is 2.04. The molecule has 0 aromatic heterocycles. The molecule has 0 fully saturated rings. The zero-order valence-electron chi connectivity index (χ0n) is 23.6. The number of nitrogens with one attached hydrogen (secondary N) is 1. The third-order valence-corrected chi connectivity index (χ3v) is 8.65.